The number of nitrogens with one attached hydrogen (secondary N) is 1. The molecule has 1 aromatic carbocycles. The van der Waals surface area contributed by atoms with Gasteiger partial charge in [-0.15, -0.1) is 0 Å². The number of nitrogens with zero attached hydrogens (tertiary/aromatic N) is 3. The third-order valence-electron chi connectivity index (χ3n) is 5.35. The van der Waals surface area contributed by atoms with Gasteiger partial charge in [0, 0.05) is 45.3 Å². The summed E-state index contributed by atoms with van der Waals surface area (Å²) in [5.41, 5.74) is 1.78. The summed E-state index contributed by atoms with van der Waals surface area (Å²) in [7, 11) is 2.18. The van der Waals surface area contributed by atoms with Crippen LogP contribution in [0.3, 0.4) is 0 Å². The molecule has 2 aliphatic heterocycles. The maximum Gasteiger partial charge on any atom is 0.321 e. The number of benzene rings is 1. The van der Waals surface area contributed by atoms with Crippen LogP contribution in [0.25, 0.3) is 0 Å². The molecule has 1 N–H and O–H groups in total. The molecule has 0 radical (unpaired) electrons. The summed E-state index contributed by atoms with van der Waals surface area (Å²) in [6.07, 6.45) is 3.43. The van der Waals surface area contributed by atoms with Crippen molar-refractivity contribution in [2.45, 2.75) is 32.2 Å². The highest BCUT2D eigenvalue weighted by atomic mass is 35.5. The van der Waals surface area contributed by atoms with E-state index in [2.05, 4.69) is 22.2 Å². The van der Waals surface area contributed by atoms with Crippen LogP contribution >= 0.6 is 11.6 Å². The van der Waals surface area contributed by atoms with E-state index in [1.54, 1.807) is 0 Å². The highest BCUT2D eigenvalue weighted by Gasteiger charge is 2.28. The molecular weight excluding hydrogens is 336 g/mol. The standard InChI is InChI=1S/C19H29ClN4O/c1-15-6-7-18(17(20)13-15)21-19(25)24-8-4-3-5-16(14-24)23-11-9-22(2)10-12-23/h6-7,13,16H,3-5,8-12,14H2,1-2H3,(H,21,25). The van der Waals surface area contributed by atoms with Crippen LogP contribution in [0.1, 0.15) is 24.8 Å². The van der Waals surface area contributed by atoms with Gasteiger partial charge in [-0.2, -0.15) is 0 Å². The van der Waals surface area contributed by atoms with Crippen LogP contribution in [0.4, 0.5) is 10.5 Å². The third kappa shape index (κ3) is 4.87. The first kappa shape index (κ1) is 18.5. The van der Waals surface area contributed by atoms with E-state index in [4.69, 9.17) is 11.6 Å². The van der Waals surface area contributed by atoms with Crippen LogP contribution in [-0.2, 0) is 0 Å². The lowest BCUT2D eigenvalue weighted by Crippen LogP contribution is -2.52. The molecule has 3 rings (SSSR count). The highest BCUT2D eigenvalue weighted by Crippen LogP contribution is 2.24. The van der Waals surface area contributed by atoms with Gasteiger partial charge in [-0.25, -0.2) is 4.79 Å². The van der Waals surface area contributed by atoms with Crippen molar-refractivity contribution in [1.29, 1.82) is 0 Å². The normalized spacial score (nSPS) is 23.3. The van der Waals surface area contributed by atoms with Gasteiger partial charge < -0.3 is 15.1 Å². The topological polar surface area (TPSA) is 38.8 Å². The first-order valence-corrected chi connectivity index (χ1v) is 9.65. The average Bonchev–Trinajstić information content (AvgIpc) is 2.84. The Balaban J connectivity index is 1.62. The molecule has 2 saturated heterocycles. The van der Waals surface area contributed by atoms with Crippen LogP contribution in [0.5, 0.6) is 0 Å². The first-order valence-electron chi connectivity index (χ1n) is 9.27. The van der Waals surface area contributed by atoms with E-state index >= 15 is 0 Å². The molecule has 2 amide bonds. The maximum absolute atomic E-state index is 12.8. The van der Waals surface area contributed by atoms with E-state index in [1.165, 1.54) is 12.8 Å². The molecule has 2 fully saturated rings. The molecule has 0 spiro atoms. The summed E-state index contributed by atoms with van der Waals surface area (Å²) >= 11 is 6.26. The largest absolute Gasteiger partial charge is 0.323 e. The Morgan fingerprint density at radius 3 is 2.64 bits per heavy atom. The molecule has 6 heteroatoms. The lowest BCUT2D eigenvalue weighted by molar-refractivity contribution is 0.0948. The lowest BCUT2D eigenvalue weighted by Gasteiger charge is -2.39. The zero-order valence-electron chi connectivity index (χ0n) is 15.3. The van der Waals surface area contributed by atoms with E-state index in [0.717, 1.165) is 51.3 Å². The van der Waals surface area contributed by atoms with Gasteiger partial charge in [0.25, 0.3) is 0 Å². The van der Waals surface area contributed by atoms with Crippen molar-refractivity contribution in [2.24, 2.45) is 0 Å². The van der Waals surface area contributed by atoms with Crippen molar-refractivity contribution in [1.82, 2.24) is 14.7 Å². The minimum absolute atomic E-state index is 0.0354. The minimum atomic E-state index is -0.0354. The Morgan fingerprint density at radius 2 is 1.92 bits per heavy atom. The number of likely N-dealkylation sites (tertiary alicyclic amines) is 1. The maximum atomic E-state index is 12.8. The Bertz CT molecular complexity index is 601. The zero-order valence-corrected chi connectivity index (χ0v) is 16.1. The summed E-state index contributed by atoms with van der Waals surface area (Å²) in [6, 6.07) is 6.16. The van der Waals surface area contributed by atoms with Crippen LogP contribution in [0.2, 0.25) is 5.02 Å². The fraction of sp³-hybridized carbons (Fsp3) is 0.632. The van der Waals surface area contributed by atoms with Crippen LogP contribution in [-0.4, -0.2) is 73.1 Å². The van der Waals surface area contributed by atoms with Crippen molar-refractivity contribution < 1.29 is 4.79 Å². The van der Waals surface area contributed by atoms with Gasteiger partial charge in [0.1, 0.15) is 0 Å². The monoisotopic (exact) mass is 364 g/mol. The summed E-state index contributed by atoms with van der Waals surface area (Å²) < 4.78 is 0. The van der Waals surface area contributed by atoms with Gasteiger partial charge in [0.2, 0.25) is 0 Å². The number of amides is 2. The van der Waals surface area contributed by atoms with Gasteiger partial charge in [0.15, 0.2) is 0 Å². The minimum Gasteiger partial charge on any atom is -0.323 e. The number of carbonyl (C=O) groups excluding carboxylic acids is 1. The quantitative estimate of drug-likeness (QED) is 0.875. The van der Waals surface area contributed by atoms with E-state index in [-0.39, 0.29) is 6.03 Å². The number of urea groups is 1. The second-order valence-electron chi connectivity index (χ2n) is 7.35. The number of piperazine rings is 1. The number of halogens is 1. The molecule has 1 aromatic rings. The molecule has 0 aliphatic carbocycles. The second kappa shape index (κ2) is 8.39. The van der Waals surface area contributed by atoms with Gasteiger partial charge in [-0.05, 0) is 44.5 Å². The molecule has 138 valence electrons. The fourth-order valence-electron chi connectivity index (χ4n) is 3.70. The van der Waals surface area contributed by atoms with E-state index in [1.807, 2.05) is 30.0 Å². The van der Waals surface area contributed by atoms with E-state index < -0.39 is 0 Å². The van der Waals surface area contributed by atoms with Crippen molar-refractivity contribution in [3.05, 3.63) is 28.8 Å². The lowest BCUT2D eigenvalue weighted by atomic mass is 10.1. The zero-order chi connectivity index (χ0) is 17.8. The highest BCUT2D eigenvalue weighted by molar-refractivity contribution is 6.33. The predicted molar refractivity (Wildman–Crippen MR) is 103 cm³/mol. The third-order valence-corrected chi connectivity index (χ3v) is 5.67. The van der Waals surface area contributed by atoms with E-state index in [0.29, 0.717) is 16.8 Å². The first-order chi connectivity index (χ1) is 12.0. The average molecular weight is 365 g/mol. The summed E-state index contributed by atoms with van der Waals surface area (Å²) in [5, 5.41) is 3.59. The molecule has 5 nitrogen and oxygen atoms in total. The number of anilines is 1. The number of carbonyl (C=O) groups is 1. The molecular formula is C19H29ClN4O. The molecule has 25 heavy (non-hydrogen) atoms. The molecule has 2 aliphatic rings. The Labute approximate surface area is 155 Å². The molecule has 0 saturated carbocycles. The van der Waals surface area contributed by atoms with Crippen LogP contribution < -0.4 is 5.32 Å². The van der Waals surface area contributed by atoms with Crippen molar-refractivity contribution >= 4 is 23.3 Å². The smallest absolute Gasteiger partial charge is 0.321 e. The number of hydrogen-bond donors (Lipinski definition) is 1. The Hall–Kier alpha value is -1.30. The number of aryl methyl sites for hydroxylation is 1. The van der Waals surface area contributed by atoms with Gasteiger partial charge in [0.05, 0.1) is 10.7 Å². The van der Waals surface area contributed by atoms with Crippen molar-refractivity contribution in [2.75, 3.05) is 51.6 Å². The molecule has 1 unspecified atom stereocenters. The van der Waals surface area contributed by atoms with Crippen molar-refractivity contribution in [3.8, 4) is 0 Å². The molecule has 0 aromatic heterocycles. The van der Waals surface area contributed by atoms with Gasteiger partial charge in [-0.3, -0.25) is 4.90 Å². The SMILES string of the molecule is Cc1ccc(NC(=O)N2CCCCC(N3CCN(C)CC3)C2)c(Cl)c1. The number of hydrogen-bond acceptors (Lipinski definition) is 3. The summed E-state index contributed by atoms with van der Waals surface area (Å²) in [5.74, 6) is 0. The van der Waals surface area contributed by atoms with Crippen LogP contribution in [0, 0.1) is 6.92 Å². The second-order valence-corrected chi connectivity index (χ2v) is 7.76. The molecule has 2 heterocycles. The Kier molecular flexibility index (Phi) is 6.20. The van der Waals surface area contributed by atoms with Crippen LogP contribution in [0.15, 0.2) is 18.2 Å². The van der Waals surface area contributed by atoms with Gasteiger partial charge >= 0.3 is 6.03 Å². The molecule has 1 atom stereocenters. The van der Waals surface area contributed by atoms with E-state index in [9.17, 15) is 4.79 Å². The number of rotatable bonds is 2. The number of likely N-dealkylation sites (N-methyl/N-ethyl adjacent to an activating group) is 1. The Morgan fingerprint density at radius 1 is 1.16 bits per heavy atom. The fourth-order valence-corrected chi connectivity index (χ4v) is 3.99. The predicted octanol–water partition coefficient (Wildman–Crippen LogP) is 3.28. The van der Waals surface area contributed by atoms with Crippen molar-refractivity contribution in [3.63, 3.8) is 0 Å². The summed E-state index contributed by atoms with van der Waals surface area (Å²) in [6.45, 7) is 8.04. The van der Waals surface area contributed by atoms with Gasteiger partial charge in [-0.1, -0.05) is 24.1 Å². The summed E-state index contributed by atoms with van der Waals surface area (Å²) in [4.78, 5) is 19.7. The molecule has 0 bridgehead atoms.